The summed E-state index contributed by atoms with van der Waals surface area (Å²) in [6, 6.07) is 9.44. The van der Waals surface area contributed by atoms with Gasteiger partial charge in [0.2, 0.25) is 11.7 Å². The number of halogens is 1. The molecule has 1 atom stereocenters. The molecule has 0 spiro atoms. The van der Waals surface area contributed by atoms with Crippen LogP contribution in [0.2, 0.25) is 0 Å². The van der Waals surface area contributed by atoms with Gasteiger partial charge >= 0.3 is 0 Å². The number of benzene rings is 2. The molecule has 28 heavy (non-hydrogen) atoms. The first-order valence-electron chi connectivity index (χ1n) is 8.93. The highest BCUT2D eigenvalue weighted by molar-refractivity contribution is 5.92. The van der Waals surface area contributed by atoms with Gasteiger partial charge in [-0.3, -0.25) is 4.79 Å². The molecule has 0 saturated carbocycles. The van der Waals surface area contributed by atoms with Crippen molar-refractivity contribution in [3.05, 3.63) is 59.4 Å². The van der Waals surface area contributed by atoms with Gasteiger partial charge in [0.15, 0.2) is 11.5 Å². The maximum atomic E-state index is 13.2. The van der Waals surface area contributed by atoms with E-state index < -0.39 is 0 Å². The number of amides is 1. The Hall–Kier alpha value is -3.02. The molecule has 0 aliphatic heterocycles. The third-order valence-corrected chi connectivity index (χ3v) is 4.31. The number of nitrogens with one attached hydrogen (secondary N) is 1. The Bertz CT molecular complexity index is 806. The highest BCUT2D eigenvalue weighted by atomic mass is 19.1. The Kier molecular flexibility index (Phi) is 7.44. The van der Waals surface area contributed by atoms with Crippen molar-refractivity contribution >= 4 is 12.0 Å². The predicted molar refractivity (Wildman–Crippen MR) is 107 cm³/mol. The Balaban J connectivity index is 2.19. The fraction of sp³-hybridized carbons (Fsp3) is 0.318. The van der Waals surface area contributed by atoms with E-state index in [4.69, 9.17) is 14.2 Å². The summed E-state index contributed by atoms with van der Waals surface area (Å²) in [7, 11) is 4.60. The van der Waals surface area contributed by atoms with Gasteiger partial charge in [0.25, 0.3) is 0 Å². The lowest BCUT2D eigenvalue weighted by Crippen LogP contribution is -2.30. The maximum absolute atomic E-state index is 13.2. The zero-order valence-corrected chi connectivity index (χ0v) is 16.8. The zero-order valence-electron chi connectivity index (χ0n) is 16.8. The predicted octanol–water partition coefficient (Wildman–Crippen LogP) is 4.38. The average Bonchev–Trinajstić information content (AvgIpc) is 2.70. The summed E-state index contributed by atoms with van der Waals surface area (Å²) in [5, 5.41) is 2.97. The molecule has 0 aliphatic carbocycles. The van der Waals surface area contributed by atoms with Gasteiger partial charge in [-0.15, -0.1) is 0 Å². The first-order valence-corrected chi connectivity index (χ1v) is 8.93. The largest absolute Gasteiger partial charge is 0.493 e. The van der Waals surface area contributed by atoms with Crippen molar-refractivity contribution < 1.29 is 23.4 Å². The molecule has 0 aliphatic rings. The molecule has 0 heterocycles. The fourth-order valence-electron chi connectivity index (χ4n) is 2.88. The van der Waals surface area contributed by atoms with Crippen LogP contribution in [0.4, 0.5) is 4.39 Å². The zero-order chi connectivity index (χ0) is 20.7. The number of carbonyl (C=O) groups is 1. The molecule has 2 aromatic carbocycles. The molecule has 1 unspecified atom stereocenters. The van der Waals surface area contributed by atoms with E-state index in [-0.39, 0.29) is 23.7 Å². The van der Waals surface area contributed by atoms with Gasteiger partial charge in [-0.05, 0) is 47.4 Å². The number of rotatable bonds is 8. The molecule has 6 heteroatoms. The van der Waals surface area contributed by atoms with Crippen molar-refractivity contribution in [1.29, 1.82) is 0 Å². The first kappa shape index (κ1) is 21.3. The second-order valence-electron chi connectivity index (χ2n) is 6.57. The quantitative estimate of drug-likeness (QED) is 0.683. The minimum absolute atomic E-state index is 0.143. The van der Waals surface area contributed by atoms with Crippen LogP contribution < -0.4 is 19.5 Å². The maximum Gasteiger partial charge on any atom is 0.244 e. The molecule has 5 nitrogen and oxygen atoms in total. The molecule has 150 valence electrons. The second-order valence-corrected chi connectivity index (χ2v) is 6.57. The number of carbonyl (C=O) groups excluding carboxylic acids is 1. The van der Waals surface area contributed by atoms with E-state index >= 15 is 0 Å². The lowest BCUT2D eigenvalue weighted by atomic mass is 9.96. The summed E-state index contributed by atoms with van der Waals surface area (Å²) in [6.45, 7) is 3.99. The van der Waals surface area contributed by atoms with Crippen LogP contribution in [0.1, 0.15) is 31.0 Å². The van der Waals surface area contributed by atoms with Crippen LogP contribution in [0.25, 0.3) is 6.08 Å². The molecule has 0 fully saturated rings. The summed E-state index contributed by atoms with van der Waals surface area (Å²) in [4.78, 5) is 12.4. The third-order valence-electron chi connectivity index (χ3n) is 4.31. The molecule has 1 amide bonds. The molecule has 2 rings (SSSR count). The molecule has 0 saturated heterocycles. The average molecular weight is 387 g/mol. The monoisotopic (exact) mass is 387 g/mol. The Morgan fingerprint density at radius 2 is 1.57 bits per heavy atom. The van der Waals surface area contributed by atoms with Gasteiger partial charge in [0.1, 0.15) is 5.82 Å². The van der Waals surface area contributed by atoms with E-state index in [1.165, 1.54) is 39.5 Å². The van der Waals surface area contributed by atoms with E-state index in [1.54, 1.807) is 30.3 Å². The summed E-state index contributed by atoms with van der Waals surface area (Å²) >= 11 is 0. The van der Waals surface area contributed by atoms with E-state index in [0.717, 1.165) is 11.1 Å². The minimum atomic E-state index is -0.306. The molecule has 1 N–H and O–H groups in total. The number of hydrogen-bond acceptors (Lipinski definition) is 4. The van der Waals surface area contributed by atoms with E-state index in [9.17, 15) is 9.18 Å². The van der Waals surface area contributed by atoms with E-state index in [1.807, 2.05) is 13.8 Å². The SMILES string of the molecule is COc1cc(/C=C/C(=O)NC(c2ccc(F)cc2)C(C)C)cc(OC)c1OC. The summed E-state index contributed by atoms with van der Waals surface area (Å²) in [5.41, 5.74) is 1.58. The van der Waals surface area contributed by atoms with Crippen LogP contribution in [-0.2, 0) is 4.79 Å². The Labute approximate surface area is 165 Å². The lowest BCUT2D eigenvalue weighted by Gasteiger charge is -2.22. The van der Waals surface area contributed by atoms with E-state index in [0.29, 0.717) is 17.2 Å². The Morgan fingerprint density at radius 1 is 1.00 bits per heavy atom. The van der Waals surface area contributed by atoms with Crippen molar-refractivity contribution in [2.75, 3.05) is 21.3 Å². The second kappa shape index (κ2) is 9.78. The number of hydrogen-bond donors (Lipinski definition) is 1. The van der Waals surface area contributed by atoms with Gasteiger partial charge in [-0.2, -0.15) is 0 Å². The van der Waals surface area contributed by atoms with Gasteiger partial charge in [-0.25, -0.2) is 4.39 Å². The number of ether oxygens (including phenoxy) is 3. The van der Waals surface area contributed by atoms with Crippen molar-refractivity contribution in [2.45, 2.75) is 19.9 Å². The lowest BCUT2D eigenvalue weighted by molar-refractivity contribution is -0.117. The summed E-state index contributed by atoms with van der Waals surface area (Å²) in [5.74, 6) is 1.09. The van der Waals surface area contributed by atoms with Crippen molar-refractivity contribution in [2.24, 2.45) is 5.92 Å². The Morgan fingerprint density at radius 3 is 2.04 bits per heavy atom. The third kappa shape index (κ3) is 5.25. The highest BCUT2D eigenvalue weighted by Gasteiger charge is 2.17. The molecule has 0 bridgehead atoms. The van der Waals surface area contributed by atoms with Crippen LogP contribution in [0, 0.1) is 11.7 Å². The molecule has 0 aromatic heterocycles. The van der Waals surface area contributed by atoms with Crippen LogP contribution in [0.3, 0.4) is 0 Å². The van der Waals surface area contributed by atoms with Crippen molar-refractivity contribution in [3.8, 4) is 17.2 Å². The normalized spacial score (nSPS) is 12.1. The van der Waals surface area contributed by atoms with Gasteiger partial charge < -0.3 is 19.5 Å². The van der Waals surface area contributed by atoms with Crippen LogP contribution in [0.15, 0.2) is 42.5 Å². The standard InChI is InChI=1S/C22H26FNO4/c1-14(2)21(16-7-9-17(23)10-8-16)24-20(25)11-6-15-12-18(26-3)22(28-5)19(13-15)27-4/h6-14,21H,1-5H3,(H,24,25)/b11-6+. The fourth-order valence-corrected chi connectivity index (χ4v) is 2.88. The smallest absolute Gasteiger partial charge is 0.244 e. The van der Waals surface area contributed by atoms with Crippen LogP contribution >= 0.6 is 0 Å². The highest BCUT2D eigenvalue weighted by Crippen LogP contribution is 2.38. The molecular weight excluding hydrogens is 361 g/mol. The van der Waals surface area contributed by atoms with Gasteiger partial charge in [0.05, 0.1) is 27.4 Å². The summed E-state index contributed by atoms with van der Waals surface area (Å²) in [6.07, 6.45) is 3.11. The first-order chi connectivity index (χ1) is 13.4. The van der Waals surface area contributed by atoms with Gasteiger partial charge in [0, 0.05) is 6.08 Å². The van der Waals surface area contributed by atoms with Crippen molar-refractivity contribution in [3.63, 3.8) is 0 Å². The van der Waals surface area contributed by atoms with Crippen molar-refractivity contribution in [1.82, 2.24) is 5.32 Å². The van der Waals surface area contributed by atoms with Gasteiger partial charge in [-0.1, -0.05) is 26.0 Å². The topological polar surface area (TPSA) is 56.8 Å². The molecular formula is C22H26FNO4. The van der Waals surface area contributed by atoms with E-state index in [2.05, 4.69) is 5.32 Å². The molecule has 2 aromatic rings. The number of methoxy groups -OCH3 is 3. The minimum Gasteiger partial charge on any atom is -0.493 e. The van der Waals surface area contributed by atoms with Crippen LogP contribution in [0.5, 0.6) is 17.2 Å². The van der Waals surface area contributed by atoms with Crippen LogP contribution in [-0.4, -0.2) is 27.2 Å². The molecule has 0 radical (unpaired) electrons. The summed E-state index contributed by atoms with van der Waals surface area (Å²) < 4.78 is 29.1.